The van der Waals surface area contributed by atoms with Crippen molar-refractivity contribution in [2.24, 2.45) is 0 Å². The van der Waals surface area contributed by atoms with Gasteiger partial charge in [0.2, 0.25) is 0 Å². The molecule has 0 fully saturated rings. The summed E-state index contributed by atoms with van der Waals surface area (Å²) in [4.78, 5) is 11.7. The fourth-order valence-electron chi connectivity index (χ4n) is 1.79. The van der Waals surface area contributed by atoms with Crippen molar-refractivity contribution in [3.8, 4) is 11.5 Å². The summed E-state index contributed by atoms with van der Waals surface area (Å²) in [7, 11) is 5.11. The van der Waals surface area contributed by atoms with Crippen molar-refractivity contribution < 1.29 is 19.0 Å². The smallest absolute Gasteiger partial charge is 0.257 e. The third kappa shape index (κ3) is 6.46. The normalized spacial score (nSPS) is 10.2. The van der Waals surface area contributed by atoms with Crippen LogP contribution in [0.25, 0.3) is 0 Å². The Kier molecular flexibility index (Phi) is 8.23. The average Bonchev–Trinajstić information content (AvgIpc) is 2.50. The van der Waals surface area contributed by atoms with Crippen LogP contribution in [0.4, 0.5) is 0 Å². The Morgan fingerprint density at radius 3 is 2.76 bits per heavy atom. The molecule has 0 heterocycles. The van der Waals surface area contributed by atoms with Crippen molar-refractivity contribution in [1.82, 2.24) is 10.6 Å². The lowest BCUT2D eigenvalue weighted by molar-refractivity contribution is -0.123. The van der Waals surface area contributed by atoms with E-state index in [1.165, 1.54) is 0 Å². The molecule has 0 bridgehead atoms. The summed E-state index contributed by atoms with van der Waals surface area (Å²) < 4.78 is 15.7. The van der Waals surface area contributed by atoms with E-state index < -0.39 is 0 Å². The fourth-order valence-corrected chi connectivity index (χ4v) is 1.79. The Hall–Kier alpha value is -1.79. The van der Waals surface area contributed by atoms with Gasteiger partial charge in [0.05, 0.1) is 7.11 Å². The highest BCUT2D eigenvalue weighted by molar-refractivity contribution is 5.77. The topological polar surface area (TPSA) is 68.8 Å². The zero-order chi connectivity index (χ0) is 15.5. The van der Waals surface area contributed by atoms with Crippen LogP contribution in [-0.2, 0) is 16.1 Å². The number of benzene rings is 1. The molecule has 2 N–H and O–H groups in total. The van der Waals surface area contributed by atoms with Gasteiger partial charge in [-0.05, 0) is 31.7 Å². The second-order valence-corrected chi connectivity index (χ2v) is 4.49. The molecule has 1 aromatic rings. The highest BCUT2D eigenvalue weighted by Gasteiger charge is 2.08. The van der Waals surface area contributed by atoms with E-state index in [1.54, 1.807) is 14.2 Å². The van der Waals surface area contributed by atoms with Gasteiger partial charge in [0.15, 0.2) is 6.61 Å². The maximum atomic E-state index is 11.7. The highest BCUT2D eigenvalue weighted by atomic mass is 16.5. The number of ether oxygens (including phenoxy) is 3. The van der Waals surface area contributed by atoms with E-state index >= 15 is 0 Å². The number of rotatable bonds is 10. The SMILES string of the molecule is CNCc1cc(OC)ccc1OCC(=O)NCCCOC. The van der Waals surface area contributed by atoms with Crippen LogP contribution >= 0.6 is 0 Å². The first-order valence-electron chi connectivity index (χ1n) is 6.91. The number of amides is 1. The summed E-state index contributed by atoms with van der Waals surface area (Å²) in [6.07, 6.45) is 0.787. The zero-order valence-electron chi connectivity index (χ0n) is 12.9. The minimum Gasteiger partial charge on any atom is -0.497 e. The Bertz CT molecular complexity index is 438. The number of hydrogen-bond acceptors (Lipinski definition) is 5. The first-order valence-corrected chi connectivity index (χ1v) is 6.91. The molecular weight excluding hydrogens is 272 g/mol. The van der Waals surface area contributed by atoms with Crippen LogP contribution in [0.15, 0.2) is 18.2 Å². The standard InChI is InChI=1S/C15H24N2O4/c1-16-10-12-9-13(20-3)5-6-14(12)21-11-15(18)17-7-4-8-19-2/h5-6,9,16H,4,7-8,10-11H2,1-3H3,(H,17,18). The second kappa shape index (κ2) is 10.0. The van der Waals surface area contributed by atoms with Crippen LogP contribution < -0.4 is 20.1 Å². The summed E-state index contributed by atoms with van der Waals surface area (Å²) in [5.74, 6) is 1.30. The Morgan fingerprint density at radius 1 is 1.29 bits per heavy atom. The van der Waals surface area contributed by atoms with Gasteiger partial charge in [0, 0.05) is 32.4 Å². The van der Waals surface area contributed by atoms with Crippen LogP contribution in [0.1, 0.15) is 12.0 Å². The number of carbonyl (C=O) groups is 1. The van der Waals surface area contributed by atoms with E-state index in [0.29, 0.717) is 25.4 Å². The molecule has 0 aliphatic rings. The minimum absolute atomic E-state index is 0.00394. The maximum Gasteiger partial charge on any atom is 0.257 e. The zero-order valence-corrected chi connectivity index (χ0v) is 12.9. The number of methoxy groups -OCH3 is 2. The van der Waals surface area contributed by atoms with Crippen molar-refractivity contribution in [2.75, 3.05) is 41.0 Å². The van der Waals surface area contributed by atoms with E-state index in [2.05, 4.69) is 10.6 Å². The molecule has 0 saturated carbocycles. The van der Waals surface area contributed by atoms with Crippen molar-refractivity contribution >= 4 is 5.91 Å². The first-order chi connectivity index (χ1) is 10.2. The van der Waals surface area contributed by atoms with Crippen molar-refractivity contribution in [3.63, 3.8) is 0 Å². The summed E-state index contributed by atoms with van der Waals surface area (Å²) in [5.41, 5.74) is 0.948. The Balaban J connectivity index is 2.48. The van der Waals surface area contributed by atoms with E-state index in [0.717, 1.165) is 17.7 Å². The van der Waals surface area contributed by atoms with Gasteiger partial charge < -0.3 is 24.8 Å². The number of carbonyl (C=O) groups excluding carboxylic acids is 1. The molecule has 1 amide bonds. The van der Waals surface area contributed by atoms with Gasteiger partial charge in [-0.2, -0.15) is 0 Å². The first kappa shape index (κ1) is 17.3. The van der Waals surface area contributed by atoms with Gasteiger partial charge in [0.1, 0.15) is 11.5 Å². The Labute approximate surface area is 125 Å². The molecular formula is C15H24N2O4. The molecule has 6 heteroatoms. The molecule has 0 atom stereocenters. The van der Waals surface area contributed by atoms with Gasteiger partial charge in [-0.1, -0.05) is 0 Å². The molecule has 1 aromatic carbocycles. The lowest BCUT2D eigenvalue weighted by Crippen LogP contribution is -2.30. The van der Waals surface area contributed by atoms with Crippen LogP contribution in [0, 0.1) is 0 Å². The lowest BCUT2D eigenvalue weighted by Gasteiger charge is -2.13. The van der Waals surface area contributed by atoms with Crippen molar-refractivity contribution in [1.29, 1.82) is 0 Å². The lowest BCUT2D eigenvalue weighted by atomic mass is 10.2. The molecule has 0 unspecified atom stereocenters. The predicted molar refractivity (Wildman–Crippen MR) is 80.8 cm³/mol. The van der Waals surface area contributed by atoms with Gasteiger partial charge in [-0.25, -0.2) is 0 Å². The molecule has 0 aliphatic carbocycles. The quantitative estimate of drug-likeness (QED) is 0.629. The van der Waals surface area contributed by atoms with Gasteiger partial charge in [-0.3, -0.25) is 4.79 Å². The predicted octanol–water partition coefficient (Wildman–Crippen LogP) is 0.946. The highest BCUT2D eigenvalue weighted by Crippen LogP contribution is 2.24. The molecule has 0 saturated heterocycles. The molecule has 1 rings (SSSR count). The van der Waals surface area contributed by atoms with E-state index in [4.69, 9.17) is 14.2 Å². The van der Waals surface area contributed by atoms with E-state index in [9.17, 15) is 4.79 Å². The molecule has 0 spiro atoms. The van der Waals surface area contributed by atoms with Gasteiger partial charge >= 0.3 is 0 Å². The third-order valence-corrected chi connectivity index (χ3v) is 2.84. The van der Waals surface area contributed by atoms with Crippen molar-refractivity contribution in [3.05, 3.63) is 23.8 Å². The summed E-state index contributed by atoms with van der Waals surface area (Å²) in [6.45, 7) is 1.85. The molecule has 0 aromatic heterocycles. The van der Waals surface area contributed by atoms with Gasteiger partial charge in [0.25, 0.3) is 5.91 Å². The van der Waals surface area contributed by atoms with E-state index in [1.807, 2.05) is 25.2 Å². The van der Waals surface area contributed by atoms with Crippen LogP contribution in [0.2, 0.25) is 0 Å². The monoisotopic (exact) mass is 296 g/mol. The van der Waals surface area contributed by atoms with Crippen LogP contribution in [0.3, 0.4) is 0 Å². The molecule has 6 nitrogen and oxygen atoms in total. The molecule has 0 radical (unpaired) electrons. The summed E-state index contributed by atoms with van der Waals surface area (Å²) in [6, 6.07) is 5.51. The number of nitrogens with one attached hydrogen (secondary N) is 2. The molecule has 21 heavy (non-hydrogen) atoms. The second-order valence-electron chi connectivity index (χ2n) is 4.49. The van der Waals surface area contributed by atoms with Gasteiger partial charge in [-0.15, -0.1) is 0 Å². The summed E-state index contributed by atoms with van der Waals surface area (Å²) in [5, 5.41) is 5.84. The van der Waals surface area contributed by atoms with Crippen molar-refractivity contribution in [2.45, 2.75) is 13.0 Å². The third-order valence-electron chi connectivity index (χ3n) is 2.84. The van der Waals surface area contributed by atoms with Crippen LogP contribution in [-0.4, -0.2) is 46.9 Å². The van der Waals surface area contributed by atoms with E-state index in [-0.39, 0.29) is 12.5 Å². The minimum atomic E-state index is -0.141. The summed E-state index contributed by atoms with van der Waals surface area (Å²) >= 11 is 0. The van der Waals surface area contributed by atoms with Crippen LogP contribution in [0.5, 0.6) is 11.5 Å². The number of hydrogen-bond donors (Lipinski definition) is 2. The largest absolute Gasteiger partial charge is 0.497 e. The Morgan fingerprint density at radius 2 is 2.10 bits per heavy atom. The maximum absolute atomic E-state index is 11.7. The fraction of sp³-hybridized carbons (Fsp3) is 0.533. The molecule has 0 aliphatic heterocycles. The molecule has 118 valence electrons. The average molecular weight is 296 g/mol.